The summed E-state index contributed by atoms with van der Waals surface area (Å²) in [5, 5.41) is 13.4. The van der Waals surface area contributed by atoms with Gasteiger partial charge in [-0.15, -0.1) is 10.2 Å². The molecule has 0 bridgehead atoms. The average Bonchev–Trinajstić information content (AvgIpc) is 3.68. The van der Waals surface area contributed by atoms with Gasteiger partial charge < -0.3 is 9.15 Å². The molecule has 1 saturated heterocycles. The van der Waals surface area contributed by atoms with Crippen molar-refractivity contribution in [2.75, 3.05) is 44.3 Å². The van der Waals surface area contributed by atoms with Crippen molar-refractivity contribution in [1.82, 2.24) is 34.2 Å². The summed E-state index contributed by atoms with van der Waals surface area (Å²) < 4.78 is 66.4. The van der Waals surface area contributed by atoms with Crippen LogP contribution in [0.2, 0.25) is 0 Å². The third kappa shape index (κ3) is 6.46. The minimum atomic E-state index is -4.09. The number of rotatable bonds is 10. The number of benzene rings is 2. The molecular formula is C30H34N8O6S2. The van der Waals surface area contributed by atoms with Gasteiger partial charge in [0.05, 0.1) is 42.1 Å². The van der Waals surface area contributed by atoms with Crippen LogP contribution >= 0.6 is 0 Å². The molecule has 6 rings (SSSR count). The summed E-state index contributed by atoms with van der Waals surface area (Å²) in [4.78, 5) is 9.02. The van der Waals surface area contributed by atoms with Crippen LogP contribution in [0.25, 0.3) is 33.5 Å². The van der Waals surface area contributed by atoms with Gasteiger partial charge in [0.25, 0.3) is 10.0 Å². The molecular weight excluding hydrogens is 633 g/mol. The fourth-order valence-corrected chi connectivity index (χ4v) is 7.26. The number of methoxy groups -OCH3 is 1. The van der Waals surface area contributed by atoms with Crippen LogP contribution in [0.5, 0.6) is 5.88 Å². The van der Waals surface area contributed by atoms with Crippen molar-refractivity contribution >= 4 is 36.6 Å². The molecule has 2 aromatic carbocycles. The fraction of sp³-hybridized carbons (Fsp3) is 0.333. The van der Waals surface area contributed by atoms with Crippen LogP contribution in [0.15, 0.2) is 70.2 Å². The Morgan fingerprint density at radius 2 is 1.70 bits per heavy atom. The van der Waals surface area contributed by atoms with Crippen molar-refractivity contribution in [3.8, 4) is 28.5 Å². The predicted molar refractivity (Wildman–Crippen MR) is 172 cm³/mol. The van der Waals surface area contributed by atoms with Gasteiger partial charge in [-0.25, -0.2) is 13.4 Å². The molecule has 0 aliphatic carbocycles. The molecule has 1 fully saturated rings. The first-order valence-corrected chi connectivity index (χ1v) is 17.9. The number of hydrogen-bond donors (Lipinski definition) is 1. The third-order valence-corrected chi connectivity index (χ3v) is 10.00. The monoisotopic (exact) mass is 666 g/mol. The van der Waals surface area contributed by atoms with E-state index in [1.165, 1.54) is 31.6 Å². The summed E-state index contributed by atoms with van der Waals surface area (Å²) in [6.45, 7) is 8.49. The highest BCUT2D eigenvalue weighted by molar-refractivity contribution is 7.92. The normalized spacial score (nSPS) is 15.1. The van der Waals surface area contributed by atoms with Gasteiger partial charge in [0.2, 0.25) is 27.7 Å². The van der Waals surface area contributed by atoms with E-state index in [4.69, 9.17) is 9.15 Å². The molecule has 1 N–H and O–H groups in total. The first-order chi connectivity index (χ1) is 21.9. The lowest BCUT2D eigenvalue weighted by Crippen LogP contribution is -2.48. The Labute approximate surface area is 267 Å². The van der Waals surface area contributed by atoms with Crippen LogP contribution in [0, 0.1) is 0 Å². The fourth-order valence-electron chi connectivity index (χ4n) is 5.43. The van der Waals surface area contributed by atoms with E-state index in [1.54, 1.807) is 36.4 Å². The number of piperazine rings is 1. The number of aromatic nitrogens is 5. The summed E-state index contributed by atoms with van der Waals surface area (Å²) in [5.41, 5.74) is 1.81. The lowest BCUT2D eigenvalue weighted by atomic mass is 10.0. The van der Waals surface area contributed by atoms with Gasteiger partial charge in [-0.3, -0.25) is 14.5 Å². The molecule has 4 heterocycles. The van der Waals surface area contributed by atoms with Crippen molar-refractivity contribution in [3.63, 3.8) is 0 Å². The zero-order chi connectivity index (χ0) is 32.6. The minimum absolute atomic E-state index is 0.0651. The van der Waals surface area contributed by atoms with Gasteiger partial charge in [-0.2, -0.15) is 17.6 Å². The Kier molecular flexibility index (Phi) is 8.54. The van der Waals surface area contributed by atoms with E-state index in [2.05, 4.69) is 48.6 Å². The first-order valence-electron chi connectivity index (χ1n) is 14.6. The Morgan fingerprint density at radius 3 is 2.37 bits per heavy atom. The van der Waals surface area contributed by atoms with Crippen molar-refractivity contribution in [2.45, 2.75) is 31.3 Å². The molecule has 0 spiro atoms. The number of fused-ring (bicyclic) bond motifs is 1. The molecule has 0 unspecified atom stereocenters. The van der Waals surface area contributed by atoms with Crippen LogP contribution in [0.3, 0.4) is 0 Å². The third-order valence-electron chi connectivity index (χ3n) is 7.79. The van der Waals surface area contributed by atoms with E-state index in [0.29, 0.717) is 40.6 Å². The molecule has 14 nitrogen and oxygen atoms in total. The largest absolute Gasteiger partial charge is 0.480 e. The Morgan fingerprint density at radius 1 is 0.957 bits per heavy atom. The van der Waals surface area contributed by atoms with Crippen LogP contribution in [-0.2, 0) is 26.6 Å². The van der Waals surface area contributed by atoms with E-state index in [0.717, 1.165) is 36.5 Å². The predicted octanol–water partition coefficient (Wildman–Crippen LogP) is 3.29. The summed E-state index contributed by atoms with van der Waals surface area (Å²) in [6, 6.07) is 13.4. The number of nitrogens with one attached hydrogen (secondary N) is 1. The molecule has 16 heteroatoms. The summed E-state index contributed by atoms with van der Waals surface area (Å²) in [5.74, 6) is 0.694. The second-order valence-corrected chi connectivity index (χ2v) is 14.8. The number of ether oxygens (including phenoxy) is 1. The molecule has 1 aliphatic rings. The number of hydrogen-bond acceptors (Lipinski definition) is 12. The van der Waals surface area contributed by atoms with E-state index in [-0.39, 0.29) is 27.9 Å². The Balaban J connectivity index is 1.45. The number of sulfonamides is 1. The number of nitrogens with zero attached hydrogens (tertiary/aromatic N) is 7. The molecule has 3 aromatic heterocycles. The van der Waals surface area contributed by atoms with Gasteiger partial charge in [0, 0.05) is 49.4 Å². The number of anilines is 1. The molecule has 242 valence electrons. The maximum atomic E-state index is 13.7. The van der Waals surface area contributed by atoms with Crippen molar-refractivity contribution in [2.24, 2.45) is 0 Å². The van der Waals surface area contributed by atoms with Crippen molar-refractivity contribution in [1.29, 1.82) is 0 Å². The van der Waals surface area contributed by atoms with Gasteiger partial charge in [0.1, 0.15) is 5.69 Å². The molecule has 0 atom stereocenters. The standard InChI is InChI=1S/C30H34N8O6S2/c1-20(2)37-12-10-36(11-13-37)19-28-33-34-29(44-28)24-14-21(22-15-26(35-45(4,39)40)30(43-3)31-17-22)16-27-25(24)18-32-38(27)46(41,42)23-8-6-5-7-9-23/h5-9,14-18,20,35H,10-13,19H2,1-4H3. The maximum Gasteiger partial charge on any atom is 0.283 e. The molecule has 0 radical (unpaired) electrons. The highest BCUT2D eigenvalue weighted by Crippen LogP contribution is 2.37. The van der Waals surface area contributed by atoms with Crippen LogP contribution in [0.1, 0.15) is 19.7 Å². The lowest BCUT2D eigenvalue weighted by molar-refractivity contribution is 0.0979. The molecule has 46 heavy (non-hydrogen) atoms. The molecule has 0 amide bonds. The van der Waals surface area contributed by atoms with E-state index < -0.39 is 20.0 Å². The van der Waals surface area contributed by atoms with Gasteiger partial charge in [-0.1, -0.05) is 18.2 Å². The molecule has 0 saturated carbocycles. The highest BCUT2D eigenvalue weighted by Gasteiger charge is 2.25. The first kappa shape index (κ1) is 31.6. The second kappa shape index (κ2) is 12.4. The van der Waals surface area contributed by atoms with Crippen LogP contribution in [-0.4, -0.2) is 96.6 Å². The topological polar surface area (TPSA) is 166 Å². The highest BCUT2D eigenvalue weighted by atomic mass is 32.2. The zero-order valence-corrected chi connectivity index (χ0v) is 27.4. The smallest absolute Gasteiger partial charge is 0.283 e. The maximum absolute atomic E-state index is 13.7. The number of pyridine rings is 1. The van der Waals surface area contributed by atoms with E-state index in [9.17, 15) is 16.8 Å². The van der Waals surface area contributed by atoms with Crippen LogP contribution < -0.4 is 9.46 Å². The molecule has 1 aliphatic heterocycles. The van der Waals surface area contributed by atoms with Gasteiger partial charge in [0.15, 0.2) is 0 Å². The Bertz CT molecular complexity index is 2090. The SMILES string of the molecule is COc1ncc(-c2cc(-c3nnc(CN4CCN(C(C)C)CC4)o3)c3cnn(S(=O)(=O)c4ccccc4)c3c2)cc1NS(C)(=O)=O. The summed E-state index contributed by atoms with van der Waals surface area (Å²) >= 11 is 0. The lowest BCUT2D eigenvalue weighted by Gasteiger charge is -2.36. The van der Waals surface area contributed by atoms with Gasteiger partial charge in [-0.05, 0) is 49.7 Å². The van der Waals surface area contributed by atoms with Gasteiger partial charge >= 0.3 is 0 Å². The summed E-state index contributed by atoms with van der Waals surface area (Å²) in [7, 11) is -6.37. The van der Waals surface area contributed by atoms with Crippen molar-refractivity contribution in [3.05, 3.63) is 66.8 Å². The minimum Gasteiger partial charge on any atom is -0.480 e. The second-order valence-electron chi connectivity index (χ2n) is 11.3. The summed E-state index contributed by atoms with van der Waals surface area (Å²) in [6.07, 6.45) is 3.97. The van der Waals surface area contributed by atoms with Crippen molar-refractivity contribution < 1.29 is 26.0 Å². The van der Waals surface area contributed by atoms with E-state index >= 15 is 0 Å². The Hall–Kier alpha value is -4.38. The van der Waals surface area contributed by atoms with E-state index in [1.807, 2.05) is 0 Å². The van der Waals surface area contributed by atoms with Crippen LogP contribution in [0.4, 0.5) is 5.69 Å². The zero-order valence-electron chi connectivity index (χ0n) is 25.8. The molecule has 5 aromatic rings. The average molecular weight is 667 g/mol. The quantitative estimate of drug-likeness (QED) is 0.232.